The number of aryl methyl sites for hydroxylation is 1. The second-order valence-corrected chi connectivity index (χ2v) is 8.67. The van der Waals surface area contributed by atoms with Crippen LogP contribution in [-0.2, 0) is 21.6 Å². The fourth-order valence-corrected chi connectivity index (χ4v) is 3.93. The first-order valence-corrected chi connectivity index (χ1v) is 9.74. The Morgan fingerprint density at radius 2 is 2.07 bits per heavy atom. The van der Waals surface area contributed by atoms with Gasteiger partial charge in [-0.25, -0.2) is 4.79 Å². The highest BCUT2D eigenvalue weighted by Gasteiger charge is 2.37. The number of amides is 2. The van der Waals surface area contributed by atoms with E-state index in [1.165, 1.54) is 0 Å². The van der Waals surface area contributed by atoms with E-state index >= 15 is 0 Å². The number of carbonyl (C=O) groups excluding carboxylic acids is 2. The lowest BCUT2D eigenvalue weighted by atomic mass is 9.79. The second-order valence-electron chi connectivity index (χ2n) is 8.67. The molecule has 1 aliphatic heterocycles. The van der Waals surface area contributed by atoms with Crippen molar-refractivity contribution in [2.24, 2.45) is 5.92 Å². The summed E-state index contributed by atoms with van der Waals surface area (Å²) in [5.74, 6) is -0.377. The molecule has 2 unspecified atom stereocenters. The lowest BCUT2D eigenvalue weighted by molar-refractivity contribution is -0.126. The number of rotatable bonds is 3. The zero-order valence-electron chi connectivity index (χ0n) is 16.5. The molecular formula is C21H30N2O4. The van der Waals surface area contributed by atoms with Crippen molar-refractivity contribution in [2.75, 3.05) is 19.6 Å². The molecule has 6 heteroatoms. The summed E-state index contributed by atoms with van der Waals surface area (Å²) in [5.41, 5.74) is 0.499. The number of aliphatic hydroxyl groups is 1. The van der Waals surface area contributed by atoms with Gasteiger partial charge in [-0.05, 0) is 57.6 Å². The van der Waals surface area contributed by atoms with E-state index < -0.39 is 11.2 Å². The minimum Gasteiger partial charge on any atom is -0.444 e. The summed E-state index contributed by atoms with van der Waals surface area (Å²) in [7, 11) is 0. The van der Waals surface area contributed by atoms with Crippen LogP contribution in [0.5, 0.6) is 0 Å². The Kier molecular flexibility index (Phi) is 5.47. The predicted octanol–water partition coefficient (Wildman–Crippen LogP) is 2.58. The molecule has 2 amide bonds. The zero-order valence-corrected chi connectivity index (χ0v) is 16.5. The van der Waals surface area contributed by atoms with Gasteiger partial charge in [-0.3, -0.25) is 4.79 Å². The average Bonchev–Trinajstić information content (AvgIpc) is 3.09. The second kappa shape index (κ2) is 7.50. The van der Waals surface area contributed by atoms with E-state index in [1.54, 1.807) is 4.90 Å². The minimum atomic E-state index is -1.02. The Morgan fingerprint density at radius 3 is 2.81 bits per heavy atom. The van der Waals surface area contributed by atoms with Gasteiger partial charge < -0.3 is 20.1 Å². The number of ether oxygens (including phenoxy) is 1. The molecule has 1 aromatic carbocycles. The number of fused-ring (bicyclic) bond motifs is 1. The van der Waals surface area contributed by atoms with Crippen molar-refractivity contribution in [2.45, 2.75) is 57.7 Å². The quantitative estimate of drug-likeness (QED) is 0.852. The van der Waals surface area contributed by atoms with E-state index in [0.717, 1.165) is 24.0 Å². The summed E-state index contributed by atoms with van der Waals surface area (Å²) in [6, 6.07) is 7.89. The summed E-state index contributed by atoms with van der Waals surface area (Å²) in [6.07, 6.45) is 2.73. The maximum atomic E-state index is 12.6. The van der Waals surface area contributed by atoms with Crippen molar-refractivity contribution in [3.63, 3.8) is 0 Å². The van der Waals surface area contributed by atoms with Gasteiger partial charge in [0.1, 0.15) is 11.2 Å². The molecule has 1 aliphatic carbocycles. The van der Waals surface area contributed by atoms with Crippen molar-refractivity contribution in [3.8, 4) is 0 Å². The van der Waals surface area contributed by atoms with Crippen LogP contribution >= 0.6 is 0 Å². The van der Waals surface area contributed by atoms with Crippen LogP contribution in [0.2, 0.25) is 0 Å². The van der Waals surface area contributed by atoms with Gasteiger partial charge in [0.25, 0.3) is 0 Å². The maximum absolute atomic E-state index is 12.6. The highest BCUT2D eigenvalue weighted by Crippen LogP contribution is 2.34. The number of hydrogen-bond donors (Lipinski definition) is 2. The van der Waals surface area contributed by atoms with Crippen LogP contribution in [0.25, 0.3) is 0 Å². The van der Waals surface area contributed by atoms with Gasteiger partial charge in [0.2, 0.25) is 5.91 Å². The molecular weight excluding hydrogens is 344 g/mol. The SMILES string of the molecule is CC(C)(C)OC(=O)N1CCC(C(=O)NCC2(O)CCCc3ccccc32)C1. The third-order valence-electron chi connectivity index (χ3n) is 5.32. The Hall–Kier alpha value is -2.08. The molecule has 0 spiro atoms. The highest BCUT2D eigenvalue weighted by molar-refractivity contribution is 5.80. The molecule has 2 aliphatic rings. The lowest BCUT2D eigenvalue weighted by Gasteiger charge is -2.35. The smallest absolute Gasteiger partial charge is 0.410 e. The van der Waals surface area contributed by atoms with Crippen molar-refractivity contribution in [1.82, 2.24) is 10.2 Å². The van der Waals surface area contributed by atoms with Crippen molar-refractivity contribution in [1.29, 1.82) is 0 Å². The minimum absolute atomic E-state index is 0.113. The summed E-state index contributed by atoms with van der Waals surface area (Å²) < 4.78 is 5.38. The molecule has 1 aromatic rings. The molecule has 0 saturated carbocycles. The zero-order chi connectivity index (χ0) is 19.7. The number of nitrogens with zero attached hydrogens (tertiary/aromatic N) is 1. The third-order valence-corrected chi connectivity index (χ3v) is 5.32. The largest absolute Gasteiger partial charge is 0.444 e. The monoisotopic (exact) mass is 374 g/mol. The van der Waals surface area contributed by atoms with E-state index in [4.69, 9.17) is 4.74 Å². The number of nitrogens with one attached hydrogen (secondary N) is 1. The molecule has 0 bridgehead atoms. The van der Waals surface area contributed by atoms with Crippen LogP contribution in [0.3, 0.4) is 0 Å². The van der Waals surface area contributed by atoms with Gasteiger partial charge in [0, 0.05) is 13.1 Å². The van der Waals surface area contributed by atoms with Gasteiger partial charge in [-0.1, -0.05) is 24.3 Å². The maximum Gasteiger partial charge on any atom is 0.410 e. The average molecular weight is 374 g/mol. The van der Waals surface area contributed by atoms with E-state index in [1.807, 2.05) is 45.0 Å². The van der Waals surface area contributed by atoms with Gasteiger partial charge in [0.05, 0.1) is 12.5 Å². The molecule has 6 nitrogen and oxygen atoms in total. The van der Waals surface area contributed by atoms with Crippen molar-refractivity contribution >= 4 is 12.0 Å². The van der Waals surface area contributed by atoms with E-state index in [9.17, 15) is 14.7 Å². The number of carbonyl (C=O) groups is 2. The normalized spacial score (nSPS) is 25.0. The molecule has 1 heterocycles. The molecule has 2 atom stereocenters. The molecule has 148 valence electrons. The lowest BCUT2D eigenvalue weighted by Crippen LogP contribution is -2.45. The molecule has 1 saturated heterocycles. The Balaban J connectivity index is 1.56. The van der Waals surface area contributed by atoms with Crippen LogP contribution in [0.1, 0.15) is 51.2 Å². The first kappa shape index (κ1) is 19.7. The van der Waals surface area contributed by atoms with E-state index in [2.05, 4.69) is 5.32 Å². The van der Waals surface area contributed by atoms with Crippen molar-refractivity contribution in [3.05, 3.63) is 35.4 Å². The molecule has 1 fully saturated rings. The number of hydrogen-bond acceptors (Lipinski definition) is 4. The number of benzene rings is 1. The molecule has 3 rings (SSSR count). The topological polar surface area (TPSA) is 78.9 Å². The Labute approximate surface area is 160 Å². The Bertz CT molecular complexity index is 712. The van der Waals surface area contributed by atoms with Crippen molar-refractivity contribution < 1.29 is 19.4 Å². The van der Waals surface area contributed by atoms with Gasteiger partial charge >= 0.3 is 6.09 Å². The van der Waals surface area contributed by atoms with Crippen LogP contribution < -0.4 is 5.32 Å². The third kappa shape index (κ3) is 4.61. The van der Waals surface area contributed by atoms with Gasteiger partial charge in [0.15, 0.2) is 0 Å². The summed E-state index contributed by atoms with van der Waals surface area (Å²) in [4.78, 5) is 26.3. The molecule has 27 heavy (non-hydrogen) atoms. The first-order chi connectivity index (χ1) is 12.7. The first-order valence-electron chi connectivity index (χ1n) is 9.74. The van der Waals surface area contributed by atoms with Crippen LogP contribution in [0.4, 0.5) is 4.79 Å². The van der Waals surface area contributed by atoms with Crippen LogP contribution in [0.15, 0.2) is 24.3 Å². The summed E-state index contributed by atoms with van der Waals surface area (Å²) in [5, 5.41) is 14.0. The summed E-state index contributed by atoms with van der Waals surface area (Å²) in [6.45, 7) is 6.55. The predicted molar refractivity (Wildman–Crippen MR) is 102 cm³/mol. The van der Waals surface area contributed by atoms with Crippen LogP contribution in [0, 0.1) is 5.92 Å². The van der Waals surface area contributed by atoms with E-state index in [-0.39, 0.29) is 24.5 Å². The highest BCUT2D eigenvalue weighted by atomic mass is 16.6. The molecule has 0 radical (unpaired) electrons. The fraction of sp³-hybridized carbons (Fsp3) is 0.619. The number of likely N-dealkylation sites (tertiary alicyclic amines) is 1. The standard InChI is InChI=1S/C21H30N2O4/c1-20(2,3)27-19(25)23-12-10-16(13-23)18(24)22-14-21(26)11-6-8-15-7-4-5-9-17(15)21/h4-5,7,9,16,26H,6,8,10-14H2,1-3H3,(H,22,24). The molecule has 0 aromatic heterocycles. The van der Waals surface area contributed by atoms with Gasteiger partial charge in [-0.15, -0.1) is 0 Å². The van der Waals surface area contributed by atoms with Gasteiger partial charge in [-0.2, -0.15) is 0 Å². The van der Waals surface area contributed by atoms with Crippen LogP contribution in [-0.4, -0.2) is 47.2 Å². The fourth-order valence-electron chi connectivity index (χ4n) is 3.93. The van der Waals surface area contributed by atoms with E-state index in [0.29, 0.717) is 25.9 Å². The summed E-state index contributed by atoms with van der Waals surface area (Å²) >= 11 is 0. The Morgan fingerprint density at radius 1 is 1.33 bits per heavy atom. The molecule has 2 N–H and O–H groups in total.